The zero-order chi connectivity index (χ0) is 11.0. The van der Waals surface area contributed by atoms with Crippen molar-refractivity contribution in [1.82, 2.24) is 4.90 Å². The van der Waals surface area contributed by atoms with Gasteiger partial charge in [-0.1, -0.05) is 11.8 Å². The predicted molar refractivity (Wildman–Crippen MR) is 54.6 cm³/mol. The first-order chi connectivity index (χ1) is 7.08. The molecule has 0 radical (unpaired) electrons. The smallest absolute Gasteiger partial charge is 0.309 e. The van der Waals surface area contributed by atoms with Crippen LogP contribution in [0.1, 0.15) is 12.8 Å². The molecule has 0 aromatic rings. The third-order valence-electron chi connectivity index (χ3n) is 1.92. The van der Waals surface area contributed by atoms with Crippen molar-refractivity contribution in [2.24, 2.45) is 4.99 Å². The van der Waals surface area contributed by atoms with E-state index in [-0.39, 0.29) is 24.6 Å². The van der Waals surface area contributed by atoms with Crippen LogP contribution in [0.4, 0.5) is 0 Å². The van der Waals surface area contributed by atoms with E-state index in [0.29, 0.717) is 10.9 Å². The van der Waals surface area contributed by atoms with Gasteiger partial charge in [0.1, 0.15) is 5.84 Å². The van der Waals surface area contributed by atoms with Crippen molar-refractivity contribution in [3.8, 4) is 0 Å². The lowest BCUT2D eigenvalue weighted by molar-refractivity contribution is -0.136. The van der Waals surface area contributed by atoms with Gasteiger partial charge in [0.25, 0.3) is 5.91 Å². The number of aliphatic carboxylic acids is 1. The van der Waals surface area contributed by atoms with Crippen LogP contribution in [0, 0.1) is 5.41 Å². The Kier molecular flexibility index (Phi) is 2.31. The number of fused-ring (bicyclic) bond motifs is 1. The van der Waals surface area contributed by atoms with Gasteiger partial charge in [-0.2, -0.15) is 4.99 Å². The SMILES string of the molecule is N=C1CC(=O)N=C2SC=C(CC(=O)O)N12. The van der Waals surface area contributed by atoms with Gasteiger partial charge in [-0.05, 0) is 5.41 Å². The average molecular weight is 225 g/mol. The van der Waals surface area contributed by atoms with Crippen molar-refractivity contribution >= 4 is 34.6 Å². The van der Waals surface area contributed by atoms with Crippen LogP contribution in [-0.2, 0) is 9.59 Å². The number of aliphatic imine (C=N–C) groups is 1. The van der Waals surface area contributed by atoms with Gasteiger partial charge in [0.05, 0.1) is 12.8 Å². The number of thioether (sulfide) groups is 1. The molecule has 0 unspecified atom stereocenters. The van der Waals surface area contributed by atoms with Crippen molar-refractivity contribution in [1.29, 1.82) is 5.41 Å². The Hall–Kier alpha value is -1.63. The van der Waals surface area contributed by atoms with Crippen molar-refractivity contribution in [2.75, 3.05) is 0 Å². The quantitative estimate of drug-likeness (QED) is 0.718. The second-order valence-electron chi connectivity index (χ2n) is 3.04. The molecule has 0 bridgehead atoms. The summed E-state index contributed by atoms with van der Waals surface area (Å²) in [6.07, 6.45) is -0.233. The number of carbonyl (C=O) groups excluding carboxylic acids is 1. The number of amidine groups is 2. The van der Waals surface area contributed by atoms with E-state index in [1.54, 1.807) is 5.41 Å². The number of nitrogens with zero attached hydrogens (tertiary/aromatic N) is 2. The number of carboxylic acid groups (broad SMARTS) is 1. The summed E-state index contributed by atoms with van der Waals surface area (Å²) in [6.45, 7) is 0. The van der Waals surface area contributed by atoms with Crippen molar-refractivity contribution in [3.05, 3.63) is 11.1 Å². The summed E-state index contributed by atoms with van der Waals surface area (Å²) in [4.78, 5) is 26.7. The van der Waals surface area contributed by atoms with Gasteiger partial charge >= 0.3 is 5.97 Å². The standard InChI is InChI=1S/C8H7N3O3S/c9-5-2-6(12)10-8-11(5)4(3-15-8)1-7(13)14/h3,9H,1-2H2,(H,13,14). The molecule has 0 spiro atoms. The molecule has 2 aliphatic rings. The van der Waals surface area contributed by atoms with Crippen LogP contribution in [0.25, 0.3) is 0 Å². The summed E-state index contributed by atoms with van der Waals surface area (Å²) in [5.41, 5.74) is 0.490. The van der Waals surface area contributed by atoms with E-state index in [0.717, 1.165) is 0 Å². The minimum Gasteiger partial charge on any atom is -0.481 e. The van der Waals surface area contributed by atoms with E-state index >= 15 is 0 Å². The summed E-state index contributed by atoms with van der Waals surface area (Å²) in [5.74, 6) is -1.24. The molecule has 2 heterocycles. The fourth-order valence-corrected chi connectivity index (χ4v) is 2.28. The zero-order valence-corrected chi connectivity index (χ0v) is 8.37. The molecule has 0 aliphatic carbocycles. The summed E-state index contributed by atoms with van der Waals surface area (Å²) in [6, 6.07) is 0. The maximum atomic E-state index is 11.0. The van der Waals surface area contributed by atoms with Crippen molar-refractivity contribution < 1.29 is 14.7 Å². The lowest BCUT2D eigenvalue weighted by Crippen LogP contribution is -2.37. The first kappa shape index (κ1) is 9.91. The Labute approximate surface area is 89.2 Å². The third-order valence-corrected chi connectivity index (χ3v) is 2.79. The number of rotatable bonds is 2. The molecule has 2 aliphatic heterocycles. The van der Waals surface area contributed by atoms with Crippen LogP contribution in [0.5, 0.6) is 0 Å². The maximum absolute atomic E-state index is 11.0. The van der Waals surface area contributed by atoms with E-state index in [1.165, 1.54) is 16.7 Å². The molecule has 2 rings (SSSR count). The fourth-order valence-electron chi connectivity index (χ4n) is 1.36. The van der Waals surface area contributed by atoms with Crippen LogP contribution >= 0.6 is 11.8 Å². The summed E-state index contributed by atoms with van der Waals surface area (Å²) < 4.78 is 0. The Morgan fingerprint density at radius 2 is 2.47 bits per heavy atom. The number of carboxylic acids is 1. The highest BCUT2D eigenvalue weighted by atomic mass is 32.2. The van der Waals surface area contributed by atoms with Gasteiger partial charge in [-0.3, -0.25) is 19.9 Å². The lowest BCUT2D eigenvalue weighted by Gasteiger charge is -2.24. The molecular weight excluding hydrogens is 218 g/mol. The van der Waals surface area contributed by atoms with Gasteiger partial charge in [0.2, 0.25) is 0 Å². The summed E-state index contributed by atoms with van der Waals surface area (Å²) in [5, 5.41) is 18.2. The van der Waals surface area contributed by atoms with E-state index < -0.39 is 5.97 Å². The maximum Gasteiger partial charge on any atom is 0.309 e. The molecule has 2 N–H and O–H groups in total. The van der Waals surface area contributed by atoms with Gasteiger partial charge in [0, 0.05) is 5.70 Å². The summed E-state index contributed by atoms with van der Waals surface area (Å²) in [7, 11) is 0. The molecule has 15 heavy (non-hydrogen) atoms. The molecule has 0 aromatic carbocycles. The molecular formula is C8H7N3O3S. The molecule has 0 saturated heterocycles. The van der Waals surface area contributed by atoms with Gasteiger partial charge < -0.3 is 5.11 Å². The Morgan fingerprint density at radius 1 is 1.73 bits per heavy atom. The van der Waals surface area contributed by atoms with Crippen LogP contribution in [0.15, 0.2) is 16.1 Å². The Bertz CT molecular complexity index is 427. The average Bonchev–Trinajstić information content (AvgIpc) is 2.46. The van der Waals surface area contributed by atoms with Gasteiger partial charge in [0.15, 0.2) is 5.17 Å². The van der Waals surface area contributed by atoms with Crippen molar-refractivity contribution in [2.45, 2.75) is 12.8 Å². The molecule has 6 nitrogen and oxygen atoms in total. The van der Waals surface area contributed by atoms with Crippen LogP contribution < -0.4 is 0 Å². The topological polar surface area (TPSA) is 93.8 Å². The largest absolute Gasteiger partial charge is 0.481 e. The lowest BCUT2D eigenvalue weighted by atomic mass is 10.2. The van der Waals surface area contributed by atoms with E-state index in [4.69, 9.17) is 10.5 Å². The molecule has 1 amide bonds. The van der Waals surface area contributed by atoms with Crippen LogP contribution in [0.3, 0.4) is 0 Å². The van der Waals surface area contributed by atoms with Crippen LogP contribution in [0.2, 0.25) is 0 Å². The zero-order valence-electron chi connectivity index (χ0n) is 7.56. The molecule has 78 valence electrons. The number of amides is 1. The van der Waals surface area contributed by atoms with E-state index in [9.17, 15) is 9.59 Å². The first-order valence-corrected chi connectivity index (χ1v) is 5.02. The predicted octanol–water partition coefficient (Wildman–Crippen LogP) is 0.615. The van der Waals surface area contributed by atoms with Gasteiger partial charge in [-0.15, -0.1) is 0 Å². The van der Waals surface area contributed by atoms with E-state index in [1.807, 2.05) is 0 Å². The molecule has 0 saturated carbocycles. The highest BCUT2D eigenvalue weighted by molar-refractivity contribution is 8.16. The number of carbonyl (C=O) groups is 2. The minimum absolute atomic E-state index is 0.0684. The molecule has 7 heteroatoms. The van der Waals surface area contributed by atoms with Gasteiger partial charge in [-0.25, -0.2) is 0 Å². The Balaban J connectivity index is 2.27. The first-order valence-electron chi connectivity index (χ1n) is 4.14. The van der Waals surface area contributed by atoms with Crippen molar-refractivity contribution in [3.63, 3.8) is 0 Å². The monoisotopic (exact) mass is 225 g/mol. The highest BCUT2D eigenvalue weighted by Crippen LogP contribution is 2.31. The molecule has 0 fully saturated rings. The number of hydrogen-bond donors (Lipinski definition) is 2. The van der Waals surface area contributed by atoms with E-state index in [2.05, 4.69) is 4.99 Å². The van der Waals surface area contributed by atoms with Crippen LogP contribution in [-0.4, -0.2) is 32.9 Å². The number of hydrogen-bond acceptors (Lipinski definition) is 4. The normalized spacial score (nSPS) is 19.9. The third kappa shape index (κ3) is 1.78. The number of nitrogens with one attached hydrogen (secondary N) is 1. The molecule has 0 aromatic heterocycles. The fraction of sp³-hybridized carbons (Fsp3) is 0.250. The summed E-state index contributed by atoms with van der Waals surface area (Å²) >= 11 is 1.17. The Morgan fingerprint density at radius 3 is 3.13 bits per heavy atom. The second kappa shape index (κ2) is 3.50. The second-order valence-corrected chi connectivity index (χ2v) is 3.88. The molecule has 0 atom stereocenters. The highest BCUT2D eigenvalue weighted by Gasteiger charge is 2.32. The minimum atomic E-state index is -0.965.